The number of rotatable bonds is 9. The summed E-state index contributed by atoms with van der Waals surface area (Å²) in [5.74, 6) is -0.492. The smallest absolute Gasteiger partial charge is 0.290 e. The number of sulfone groups is 1. The van der Waals surface area contributed by atoms with E-state index in [0.29, 0.717) is 32.3 Å². The van der Waals surface area contributed by atoms with E-state index in [0.717, 1.165) is 0 Å². The lowest BCUT2D eigenvalue weighted by Crippen LogP contribution is -2.43. The van der Waals surface area contributed by atoms with Gasteiger partial charge in [0, 0.05) is 31.5 Å². The van der Waals surface area contributed by atoms with Gasteiger partial charge in [0.15, 0.2) is 9.84 Å². The van der Waals surface area contributed by atoms with Crippen LogP contribution in [0.2, 0.25) is 0 Å². The Morgan fingerprint density at radius 3 is 2.32 bits per heavy atom. The van der Waals surface area contributed by atoms with E-state index < -0.39 is 9.84 Å². The van der Waals surface area contributed by atoms with Crippen LogP contribution in [0.3, 0.4) is 0 Å². The first-order valence-electron chi connectivity index (χ1n) is 10.2. The van der Waals surface area contributed by atoms with Crippen molar-refractivity contribution in [1.82, 2.24) is 10.6 Å². The third-order valence-corrected chi connectivity index (χ3v) is 6.70. The van der Waals surface area contributed by atoms with Gasteiger partial charge in [-0.1, -0.05) is 18.2 Å². The number of amides is 2. The van der Waals surface area contributed by atoms with Gasteiger partial charge in [-0.2, -0.15) is 0 Å². The molecule has 1 fully saturated rings. The second kappa shape index (κ2) is 13.8. The average molecular weight is 457 g/mol. The number of benzene rings is 1. The van der Waals surface area contributed by atoms with Crippen LogP contribution in [0, 0.1) is 5.92 Å². The number of methoxy groups -OCH3 is 1. The van der Waals surface area contributed by atoms with Crippen molar-refractivity contribution >= 4 is 28.1 Å². The number of hydrogen-bond acceptors (Lipinski definition) is 6. The predicted molar refractivity (Wildman–Crippen MR) is 115 cm³/mol. The van der Waals surface area contributed by atoms with Gasteiger partial charge in [-0.25, -0.2) is 8.42 Å². The molecule has 1 aliphatic carbocycles. The first-order chi connectivity index (χ1) is 14.7. The summed E-state index contributed by atoms with van der Waals surface area (Å²) in [6.07, 6.45) is 2.78. The molecule has 1 aromatic carbocycles. The second-order valence-corrected chi connectivity index (χ2v) is 9.58. The molecule has 0 radical (unpaired) electrons. The Kier molecular flexibility index (Phi) is 11.8. The van der Waals surface area contributed by atoms with Gasteiger partial charge in [0.2, 0.25) is 11.8 Å². The van der Waals surface area contributed by atoms with E-state index in [9.17, 15) is 18.0 Å². The molecule has 1 aromatic rings. The monoisotopic (exact) mass is 456 g/mol. The number of hydrogen-bond donors (Lipinski definition) is 3. The minimum atomic E-state index is -3.46. The van der Waals surface area contributed by atoms with Gasteiger partial charge in [-0.3, -0.25) is 14.4 Å². The van der Waals surface area contributed by atoms with E-state index in [2.05, 4.69) is 10.6 Å². The summed E-state index contributed by atoms with van der Waals surface area (Å²) in [6, 6.07) is 8.12. The average Bonchev–Trinajstić information content (AvgIpc) is 2.74. The number of carbonyl (C=O) groups excluding carboxylic acids is 2. The van der Waals surface area contributed by atoms with Crippen LogP contribution in [0.1, 0.15) is 39.0 Å². The first-order valence-corrected chi connectivity index (χ1v) is 11.8. The van der Waals surface area contributed by atoms with Crippen molar-refractivity contribution in [3.63, 3.8) is 0 Å². The molecular weight excluding hydrogens is 424 g/mol. The quantitative estimate of drug-likeness (QED) is 0.477. The van der Waals surface area contributed by atoms with Crippen LogP contribution in [0.4, 0.5) is 0 Å². The molecule has 3 N–H and O–H groups in total. The highest BCUT2D eigenvalue weighted by Gasteiger charge is 2.28. The summed E-state index contributed by atoms with van der Waals surface area (Å²) in [5, 5.41) is 12.7. The SMILES string of the molecule is COCC(C)NC(=O)C1CCC(NC(=O)CCS(=O)(=O)c2ccccc2)CC1.O=CO. The largest absolute Gasteiger partial charge is 0.483 e. The summed E-state index contributed by atoms with van der Waals surface area (Å²) in [7, 11) is -1.86. The molecule has 9 nitrogen and oxygen atoms in total. The zero-order valence-electron chi connectivity index (χ0n) is 18.0. The number of ether oxygens (including phenoxy) is 1. The highest BCUT2D eigenvalue weighted by Crippen LogP contribution is 2.24. The molecule has 0 heterocycles. The fourth-order valence-electron chi connectivity index (χ4n) is 3.42. The third-order valence-electron chi connectivity index (χ3n) is 4.97. The van der Waals surface area contributed by atoms with Crippen molar-refractivity contribution in [2.45, 2.75) is 56.0 Å². The molecule has 1 saturated carbocycles. The van der Waals surface area contributed by atoms with Crippen LogP contribution in [0.15, 0.2) is 35.2 Å². The van der Waals surface area contributed by atoms with Gasteiger partial charge >= 0.3 is 0 Å². The molecule has 10 heteroatoms. The highest BCUT2D eigenvalue weighted by atomic mass is 32.2. The molecule has 2 rings (SSSR count). The summed E-state index contributed by atoms with van der Waals surface area (Å²) in [5.41, 5.74) is 0. The van der Waals surface area contributed by atoms with Crippen molar-refractivity contribution in [3.05, 3.63) is 30.3 Å². The van der Waals surface area contributed by atoms with Crippen molar-refractivity contribution in [3.8, 4) is 0 Å². The lowest BCUT2D eigenvalue weighted by atomic mass is 9.85. The van der Waals surface area contributed by atoms with Crippen LogP contribution in [0.25, 0.3) is 0 Å². The Hall–Kier alpha value is -2.46. The van der Waals surface area contributed by atoms with Crippen molar-refractivity contribution in [2.75, 3.05) is 19.5 Å². The van der Waals surface area contributed by atoms with E-state index in [1.807, 2.05) is 6.92 Å². The van der Waals surface area contributed by atoms with Crippen LogP contribution >= 0.6 is 0 Å². The van der Waals surface area contributed by atoms with Crippen LogP contribution in [-0.4, -0.2) is 63.4 Å². The van der Waals surface area contributed by atoms with Crippen LogP contribution in [-0.2, 0) is 29.0 Å². The van der Waals surface area contributed by atoms with Crippen LogP contribution in [0.5, 0.6) is 0 Å². The normalized spacial score (nSPS) is 19.3. The van der Waals surface area contributed by atoms with E-state index in [-0.39, 0.29) is 53.4 Å². The van der Waals surface area contributed by atoms with Gasteiger partial charge in [0.25, 0.3) is 6.47 Å². The molecule has 1 atom stereocenters. The standard InChI is InChI=1S/C20H30N2O5S.CH2O2/c1-15(14-27-2)21-20(24)16-8-10-17(11-9-16)22-19(23)12-13-28(25,26)18-6-4-3-5-7-18;2-1-3/h3-7,15-17H,8-14H2,1-2H3,(H,21,24)(H,22,23);1H,(H,2,3). The van der Waals surface area contributed by atoms with E-state index in [1.165, 1.54) is 12.1 Å². The maximum Gasteiger partial charge on any atom is 0.290 e. The fraction of sp³-hybridized carbons (Fsp3) is 0.571. The predicted octanol–water partition coefficient (Wildman–Crippen LogP) is 1.38. The topological polar surface area (TPSA) is 139 Å². The highest BCUT2D eigenvalue weighted by molar-refractivity contribution is 7.91. The van der Waals surface area contributed by atoms with Crippen molar-refractivity contribution < 1.29 is 32.6 Å². The Labute approximate surface area is 183 Å². The lowest BCUT2D eigenvalue weighted by molar-refractivity contribution is -0.127. The Bertz CT molecular complexity index is 791. The maximum atomic E-state index is 12.2. The number of carboxylic acid groups (broad SMARTS) is 1. The molecule has 1 aliphatic rings. The maximum absolute atomic E-state index is 12.2. The summed E-state index contributed by atoms with van der Waals surface area (Å²) < 4.78 is 29.5. The number of nitrogens with one attached hydrogen (secondary N) is 2. The molecule has 2 amide bonds. The molecule has 174 valence electrons. The van der Waals surface area contributed by atoms with Gasteiger partial charge in [0.1, 0.15) is 0 Å². The second-order valence-electron chi connectivity index (χ2n) is 7.47. The minimum Gasteiger partial charge on any atom is -0.483 e. The Balaban J connectivity index is 0.00000151. The van der Waals surface area contributed by atoms with Gasteiger partial charge in [-0.05, 0) is 44.7 Å². The van der Waals surface area contributed by atoms with E-state index in [1.54, 1.807) is 25.3 Å². The van der Waals surface area contributed by atoms with E-state index >= 15 is 0 Å². The molecule has 0 aliphatic heterocycles. The Morgan fingerprint density at radius 1 is 1.19 bits per heavy atom. The van der Waals surface area contributed by atoms with Crippen molar-refractivity contribution in [2.24, 2.45) is 5.92 Å². The summed E-state index contributed by atoms with van der Waals surface area (Å²) >= 11 is 0. The molecule has 0 saturated heterocycles. The minimum absolute atomic E-state index is 0.00706. The zero-order valence-corrected chi connectivity index (χ0v) is 18.8. The van der Waals surface area contributed by atoms with Gasteiger partial charge < -0.3 is 20.5 Å². The molecule has 1 unspecified atom stereocenters. The van der Waals surface area contributed by atoms with Gasteiger partial charge in [-0.15, -0.1) is 0 Å². The van der Waals surface area contributed by atoms with Crippen molar-refractivity contribution in [1.29, 1.82) is 0 Å². The molecule has 31 heavy (non-hydrogen) atoms. The van der Waals surface area contributed by atoms with E-state index in [4.69, 9.17) is 14.6 Å². The Morgan fingerprint density at radius 2 is 1.77 bits per heavy atom. The lowest BCUT2D eigenvalue weighted by Gasteiger charge is -2.29. The number of carbonyl (C=O) groups is 3. The summed E-state index contributed by atoms with van der Waals surface area (Å²) in [4.78, 5) is 33.0. The van der Waals surface area contributed by atoms with Crippen LogP contribution < -0.4 is 10.6 Å². The summed E-state index contributed by atoms with van der Waals surface area (Å²) in [6.45, 7) is 2.12. The molecule has 0 bridgehead atoms. The third kappa shape index (κ3) is 9.93. The molecular formula is C21H32N2O7S. The molecule has 0 aromatic heterocycles. The first kappa shape index (κ1) is 26.6. The molecule has 0 spiro atoms. The fourth-order valence-corrected chi connectivity index (χ4v) is 4.69. The van der Waals surface area contributed by atoms with Gasteiger partial charge in [0.05, 0.1) is 17.3 Å². The zero-order chi connectivity index (χ0) is 23.3.